The Balaban J connectivity index is 2.18. The quantitative estimate of drug-likeness (QED) is 0.576. The van der Waals surface area contributed by atoms with Crippen LogP contribution < -0.4 is 11.1 Å². The minimum absolute atomic E-state index is 0.277. The van der Waals surface area contributed by atoms with Crippen LogP contribution in [-0.4, -0.2) is 23.8 Å². The molecular weight excluding hydrogens is 156 g/mol. The molecular formula is C8H16N2O2. The van der Waals surface area contributed by atoms with Gasteiger partial charge in [-0.05, 0) is 25.2 Å². The summed E-state index contributed by atoms with van der Waals surface area (Å²) in [4.78, 5) is 10.2. The summed E-state index contributed by atoms with van der Waals surface area (Å²) >= 11 is 0. The van der Waals surface area contributed by atoms with Gasteiger partial charge in [-0.2, -0.15) is 0 Å². The van der Waals surface area contributed by atoms with Crippen LogP contribution in [0.25, 0.3) is 0 Å². The average molecular weight is 172 g/mol. The molecule has 0 aliphatic heterocycles. The lowest BCUT2D eigenvalue weighted by atomic mass is 9.86. The van der Waals surface area contributed by atoms with Crippen molar-refractivity contribution in [3.8, 4) is 0 Å². The molecule has 4 N–H and O–H groups in total. The Hall–Kier alpha value is -0.770. The molecule has 12 heavy (non-hydrogen) atoms. The van der Waals surface area contributed by atoms with Gasteiger partial charge in [0.15, 0.2) is 0 Å². The van der Waals surface area contributed by atoms with Gasteiger partial charge < -0.3 is 16.2 Å². The van der Waals surface area contributed by atoms with E-state index in [1.807, 2.05) is 0 Å². The second-order valence-corrected chi connectivity index (χ2v) is 3.48. The van der Waals surface area contributed by atoms with Gasteiger partial charge in [-0.3, -0.25) is 0 Å². The van der Waals surface area contributed by atoms with Crippen molar-refractivity contribution in [3.63, 3.8) is 0 Å². The maximum Gasteiger partial charge on any atom is 0.404 e. The lowest BCUT2D eigenvalue weighted by Crippen LogP contribution is -2.35. The Labute approximate surface area is 72.1 Å². The van der Waals surface area contributed by atoms with E-state index in [2.05, 4.69) is 5.32 Å². The van der Waals surface area contributed by atoms with E-state index >= 15 is 0 Å². The fraction of sp³-hybridized carbons (Fsp3) is 0.875. The van der Waals surface area contributed by atoms with E-state index < -0.39 is 6.09 Å². The molecule has 0 aromatic heterocycles. The SMILES string of the molecule is NC1CCCC(CNC(=O)O)C1. The van der Waals surface area contributed by atoms with Crippen LogP contribution in [0.3, 0.4) is 0 Å². The number of carbonyl (C=O) groups is 1. The highest BCUT2D eigenvalue weighted by atomic mass is 16.4. The fourth-order valence-electron chi connectivity index (χ4n) is 1.75. The van der Waals surface area contributed by atoms with Gasteiger partial charge in [-0.15, -0.1) is 0 Å². The van der Waals surface area contributed by atoms with E-state index in [1.165, 1.54) is 0 Å². The second kappa shape index (κ2) is 4.30. The van der Waals surface area contributed by atoms with Gasteiger partial charge in [0.2, 0.25) is 0 Å². The maximum atomic E-state index is 10.2. The van der Waals surface area contributed by atoms with E-state index in [1.54, 1.807) is 0 Å². The summed E-state index contributed by atoms with van der Waals surface area (Å²) in [6.07, 6.45) is 3.35. The Morgan fingerprint density at radius 3 is 2.92 bits per heavy atom. The van der Waals surface area contributed by atoms with Crippen LogP contribution >= 0.6 is 0 Å². The van der Waals surface area contributed by atoms with Crippen LogP contribution in [0.4, 0.5) is 4.79 Å². The average Bonchev–Trinajstić information content (AvgIpc) is 2.01. The first-order chi connectivity index (χ1) is 5.68. The first kappa shape index (κ1) is 9.32. The van der Waals surface area contributed by atoms with E-state index in [4.69, 9.17) is 10.8 Å². The van der Waals surface area contributed by atoms with Gasteiger partial charge in [0.05, 0.1) is 0 Å². The summed E-state index contributed by atoms with van der Waals surface area (Å²) in [6, 6.07) is 0.277. The molecule has 2 atom stereocenters. The Morgan fingerprint density at radius 1 is 1.58 bits per heavy atom. The molecule has 1 rings (SSSR count). The third-order valence-electron chi connectivity index (χ3n) is 2.37. The van der Waals surface area contributed by atoms with Crippen LogP contribution in [0.2, 0.25) is 0 Å². The zero-order chi connectivity index (χ0) is 8.97. The number of nitrogens with two attached hydrogens (primary N) is 1. The molecule has 0 radical (unpaired) electrons. The molecule has 1 amide bonds. The monoisotopic (exact) mass is 172 g/mol. The highest BCUT2D eigenvalue weighted by Gasteiger charge is 2.19. The normalized spacial score (nSPS) is 29.8. The lowest BCUT2D eigenvalue weighted by Gasteiger charge is -2.26. The third kappa shape index (κ3) is 3.09. The molecule has 2 unspecified atom stereocenters. The Bertz CT molecular complexity index is 161. The second-order valence-electron chi connectivity index (χ2n) is 3.48. The number of carboxylic acid groups (broad SMARTS) is 1. The first-order valence-electron chi connectivity index (χ1n) is 4.41. The fourth-order valence-corrected chi connectivity index (χ4v) is 1.75. The van der Waals surface area contributed by atoms with Crippen molar-refractivity contribution in [2.45, 2.75) is 31.7 Å². The van der Waals surface area contributed by atoms with Crippen LogP contribution in [0.1, 0.15) is 25.7 Å². The summed E-state index contributed by atoms with van der Waals surface area (Å²) in [5.41, 5.74) is 5.76. The number of rotatable bonds is 2. The van der Waals surface area contributed by atoms with Crippen LogP contribution in [0.15, 0.2) is 0 Å². The van der Waals surface area contributed by atoms with Gasteiger partial charge in [0.1, 0.15) is 0 Å². The predicted octanol–water partition coefficient (Wildman–Crippen LogP) is 0.771. The van der Waals surface area contributed by atoms with Crippen LogP contribution in [-0.2, 0) is 0 Å². The maximum absolute atomic E-state index is 10.2. The van der Waals surface area contributed by atoms with Crippen molar-refractivity contribution < 1.29 is 9.90 Å². The minimum atomic E-state index is -0.936. The molecule has 0 aromatic carbocycles. The summed E-state index contributed by atoms with van der Waals surface area (Å²) in [7, 11) is 0. The zero-order valence-electron chi connectivity index (χ0n) is 7.12. The molecule has 0 spiro atoms. The van der Waals surface area contributed by atoms with Crippen LogP contribution in [0, 0.1) is 5.92 Å². The molecule has 70 valence electrons. The lowest BCUT2D eigenvalue weighted by molar-refractivity contribution is 0.189. The number of amides is 1. The molecule has 4 heteroatoms. The van der Waals surface area contributed by atoms with Gasteiger partial charge in [-0.25, -0.2) is 4.79 Å². The summed E-state index contributed by atoms with van der Waals surface area (Å²) in [6.45, 7) is 0.559. The van der Waals surface area contributed by atoms with Crippen molar-refractivity contribution in [2.24, 2.45) is 11.7 Å². The van der Waals surface area contributed by atoms with Crippen molar-refractivity contribution in [1.82, 2.24) is 5.32 Å². The first-order valence-corrected chi connectivity index (χ1v) is 4.41. The summed E-state index contributed by atoms with van der Waals surface area (Å²) in [5.74, 6) is 0.449. The molecule has 1 aliphatic rings. The largest absolute Gasteiger partial charge is 0.465 e. The molecule has 0 saturated heterocycles. The van der Waals surface area contributed by atoms with Gasteiger partial charge in [0.25, 0.3) is 0 Å². The molecule has 0 heterocycles. The Morgan fingerprint density at radius 2 is 2.33 bits per heavy atom. The van der Waals surface area contributed by atoms with Crippen molar-refractivity contribution >= 4 is 6.09 Å². The Kier molecular flexibility index (Phi) is 3.34. The van der Waals surface area contributed by atoms with Gasteiger partial charge in [0, 0.05) is 12.6 Å². The third-order valence-corrected chi connectivity index (χ3v) is 2.37. The van der Waals surface area contributed by atoms with E-state index in [9.17, 15) is 4.79 Å². The highest BCUT2D eigenvalue weighted by molar-refractivity contribution is 5.64. The standard InChI is InChI=1S/C8H16N2O2/c9-7-3-1-2-6(4-7)5-10-8(11)12/h6-7,10H,1-5,9H2,(H,11,12). The smallest absolute Gasteiger partial charge is 0.404 e. The predicted molar refractivity (Wildman–Crippen MR) is 46.0 cm³/mol. The number of nitrogens with one attached hydrogen (secondary N) is 1. The van der Waals surface area contributed by atoms with Crippen molar-refractivity contribution in [1.29, 1.82) is 0 Å². The topological polar surface area (TPSA) is 75.3 Å². The molecule has 0 aromatic rings. The van der Waals surface area contributed by atoms with Crippen molar-refractivity contribution in [2.75, 3.05) is 6.54 Å². The van der Waals surface area contributed by atoms with Crippen molar-refractivity contribution in [3.05, 3.63) is 0 Å². The van der Waals surface area contributed by atoms with E-state index in [-0.39, 0.29) is 6.04 Å². The highest BCUT2D eigenvalue weighted by Crippen LogP contribution is 2.22. The molecule has 0 bridgehead atoms. The van der Waals surface area contributed by atoms with E-state index in [0.29, 0.717) is 12.5 Å². The van der Waals surface area contributed by atoms with Crippen LogP contribution in [0.5, 0.6) is 0 Å². The minimum Gasteiger partial charge on any atom is -0.465 e. The molecule has 1 fully saturated rings. The molecule has 4 nitrogen and oxygen atoms in total. The molecule has 1 saturated carbocycles. The van der Waals surface area contributed by atoms with Gasteiger partial charge >= 0.3 is 6.09 Å². The molecule has 1 aliphatic carbocycles. The zero-order valence-corrected chi connectivity index (χ0v) is 7.12. The van der Waals surface area contributed by atoms with Gasteiger partial charge in [-0.1, -0.05) is 6.42 Å². The summed E-state index contributed by atoms with van der Waals surface area (Å²) in [5, 5.41) is 10.8. The summed E-state index contributed by atoms with van der Waals surface area (Å²) < 4.78 is 0. The number of hydrogen-bond acceptors (Lipinski definition) is 2. The van der Waals surface area contributed by atoms with E-state index in [0.717, 1.165) is 25.7 Å². The number of hydrogen-bond donors (Lipinski definition) is 3.